The second-order valence-corrected chi connectivity index (χ2v) is 3.93. The average molecular weight is 286 g/mol. The zero-order valence-electron chi connectivity index (χ0n) is 10.9. The summed E-state index contributed by atoms with van der Waals surface area (Å²) in [4.78, 5) is 22.6. The van der Waals surface area contributed by atoms with Gasteiger partial charge in [0.1, 0.15) is 0 Å². The van der Waals surface area contributed by atoms with Gasteiger partial charge in [0, 0.05) is 18.7 Å². The standard InChI is InChI=1S/C13H19N3O2.ClH/c1-2-15-13(18)9-16-12(17)8-7-10-5-3-4-6-11(10)14;/h3-6H,2,7-9,14H2,1H3,(H,15,18)(H,16,17);1H. The fourth-order valence-electron chi connectivity index (χ4n) is 1.54. The summed E-state index contributed by atoms with van der Waals surface area (Å²) in [6, 6.07) is 7.45. The third-order valence-corrected chi connectivity index (χ3v) is 2.50. The van der Waals surface area contributed by atoms with Crippen molar-refractivity contribution in [2.24, 2.45) is 0 Å². The number of aryl methyl sites for hydroxylation is 1. The molecule has 0 atom stereocenters. The fourth-order valence-corrected chi connectivity index (χ4v) is 1.54. The fraction of sp³-hybridized carbons (Fsp3) is 0.385. The van der Waals surface area contributed by atoms with Crippen molar-refractivity contribution in [2.75, 3.05) is 18.8 Å². The van der Waals surface area contributed by atoms with Crippen molar-refractivity contribution in [1.29, 1.82) is 0 Å². The summed E-state index contributed by atoms with van der Waals surface area (Å²) in [6.45, 7) is 2.42. The van der Waals surface area contributed by atoms with Crippen LogP contribution < -0.4 is 16.4 Å². The first-order valence-electron chi connectivity index (χ1n) is 6.00. The highest BCUT2D eigenvalue weighted by Crippen LogP contribution is 2.12. The number of rotatable bonds is 6. The van der Waals surface area contributed by atoms with Crippen LogP contribution in [0.3, 0.4) is 0 Å². The quantitative estimate of drug-likeness (QED) is 0.678. The summed E-state index contributed by atoms with van der Waals surface area (Å²) < 4.78 is 0. The maximum Gasteiger partial charge on any atom is 0.239 e. The Morgan fingerprint density at radius 3 is 2.47 bits per heavy atom. The van der Waals surface area contributed by atoms with E-state index in [9.17, 15) is 9.59 Å². The summed E-state index contributed by atoms with van der Waals surface area (Å²) in [5.74, 6) is -0.324. The van der Waals surface area contributed by atoms with Crippen molar-refractivity contribution in [3.05, 3.63) is 29.8 Å². The number of nitrogen functional groups attached to an aromatic ring is 1. The number of likely N-dealkylation sites (N-methyl/N-ethyl adjacent to an activating group) is 1. The van der Waals surface area contributed by atoms with Gasteiger partial charge in [-0.3, -0.25) is 9.59 Å². The van der Waals surface area contributed by atoms with Crippen molar-refractivity contribution in [3.8, 4) is 0 Å². The van der Waals surface area contributed by atoms with Gasteiger partial charge in [0.2, 0.25) is 11.8 Å². The van der Waals surface area contributed by atoms with E-state index in [1.807, 2.05) is 31.2 Å². The summed E-state index contributed by atoms with van der Waals surface area (Å²) in [6.07, 6.45) is 0.904. The largest absolute Gasteiger partial charge is 0.399 e. The Bertz CT molecular complexity index is 424. The van der Waals surface area contributed by atoms with Crippen molar-refractivity contribution in [2.45, 2.75) is 19.8 Å². The molecule has 0 aliphatic carbocycles. The Balaban J connectivity index is 0.00000324. The van der Waals surface area contributed by atoms with E-state index in [4.69, 9.17) is 5.73 Å². The number of anilines is 1. The van der Waals surface area contributed by atoms with E-state index in [2.05, 4.69) is 10.6 Å². The molecule has 19 heavy (non-hydrogen) atoms. The number of nitrogens with one attached hydrogen (secondary N) is 2. The molecule has 0 spiro atoms. The van der Waals surface area contributed by atoms with Gasteiger partial charge < -0.3 is 16.4 Å². The molecule has 0 fully saturated rings. The molecule has 0 unspecified atom stereocenters. The maximum atomic E-state index is 11.5. The Labute approximate surface area is 119 Å². The summed E-state index contributed by atoms with van der Waals surface area (Å²) >= 11 is 0. The van der Waals surface area contributed by atoms with Crippen molar-refractivity contribution < 1.29 is 9.59 Å². The highest BCUT2D eigenvalue weighted by molar-refractivity contribution is 5.85. The molecule has 0 aliphatic heterocycles. The van der Waals surface area contributed by atoms with Crippen LogP contribution in [0.1, 0.15) is 18.9 Å². The van der Waals surface area contributed by atoms with Gasteiger partial charge in [0.15, 0.2) is 0 Å². The lowest BCUT2D eigenvalue weighted by atomic mass is 10.1. The molecule has 0 bridgehead atoms. The van der Waals surface area contributed by atoms with E-state index >= 15 is 0 Å². The van der Waals surface area contributed by atoms with E-state index in [1.54, 1.807) is 0 Å². The highest BCUT2D eigenvalue weighted by Gasteiger charge is 2.06. The number of hydrogen-bond donors (Lipinski definition) is 3. The van der Waals surface area contributed by atoms with Crippen LogP contribution in [0.5, 0.6) is 0 Å². The molecule has 1 aromatic carbocycles. The predicted octanol–water partition coefficient (Wildman–Crippen LogP) is 0.875. The van der Waals surface area contributed by atoms with Crippen LogP contribution in [0.15, 0.2) is 24.3 Å². The first kappa shape index (κ1) is 17.2. The van der Waals surface area contributed by atoms with Crippen LogP contribution >= 0.6 is 12.4 Å². The molecule has 2 amide bonds. The molecule has 106 valence electrons. The second-order valence-electron chi connectivity index (χ2n) is 3.93. The first-order valence-corrected chi connectivity index (χ1v) is 6.00. The second kappa shape index (κ2) is 9.22. The molecule has 1 rings (SSSR count). The zero-order chi connectivity index (χ0) is 13.4. The van der Waals surface area contributed by atoms with Crippen LogP contribution in [0.25, 0.3) is 0 Å². The molecule has 0 aromatic heterocycles. The van der Waals surface area contributed by atoms with Crippen LogP contribution in [0.2, 0.25) is 0 Å². The van der Waals surface area contributed by atoms with Gasteiger partial charge >= 0.3 is 0 Å². The van der Waals surface area contributed by atoms with Gasteiger partial charge in [0.05, 0.1) is 6.54 Å². The minimum absolute atomic E-state index is 0. The smallest absolute Gasteiger partial charge is 0.239 e. The maximum absolute atomic E-state index is 11.5. The number of amides is 2. The zero-order valence-corrected chi connectivity index (χ0v) is 11.8. The Morgan fingerprint density at radius 1 is 1.16 bits per heavy atom. The summed E-state index contributed by atoms with van der Waals surface area (Å²) in [5, 5.41) is 5.18. The number of para-hydroxylation sites is 1. The number of carbonyl (C=O) groups is 2. The van der Waals surface area contributed by atoms with Gasteiger partial charge in [-0.25, -0.2) is 0 Å². The Morgan fingerprint density at radius 2 is 1.84 bits per heavy atom. The molecule has 1 aromatic rings. The lowest BCUT2D eigenvalue weighted by molar-refractivity contribution is -0.126. The summed E-state index contributed by atoms with van der Waals surface area (Å²) in [5.41, 5.74) is 7.41. The molecule has 0 saturated carbocycles. The first-order chi connectivity index (χ1) is 8.63. The number of hydrogen-bond acceptors (Lipinski definition) is 3. The molecule has 0 saturated heterocycles. The molecule has 0 radical (unpaired) electrons. The topological polar surface area (TPSA) is 84.2 Å². The van der Waals surface area contributed by atoms with Crippen LogP contribution in [0.4, 0.5) is 5.69 Å². The van der Waals surface area contributed by atoms with E-state index < -0.39 is 0 Å². The van der Waals surface area contributed by atoms with Gasteiger partial charge in [-0.1, -0.05) is 18.2 Å². The molecule has 4 N–H and O–H groups in total. The SMILES string of the molecule is CCNC(=O)CNC(=O)CCc1ccccc1N.Cl. The minimum atomic E-state index is -0.176. The predicted molar refractivity (Wildman–Crippen MR) is 78.1 cm³/mol. The van der Waals surface area contributed by atoms with Crippen LogP contribution in [-0.2, 0) is 16.0 Å². The highest BCUT2D eigenvalue weighted by atomic mass is 35.5. The molecule has 5 nitrogen and oxygen atoms in total. The third kappa shape index (κ3) is 6.67. The molecule has 0 heterocycles. The van der Waals surface area contributed by atoms with Gasteiger partial charge in [0.25, 0.3) is 0 Å². The average Bonchev–Trinajstić information content (AvgIpc) is 2.36. The summed E-state index contributed by atoms with van der Waals surface area (Å²) in [7, 11) is 0. The molecule has 6 heteroatoms. The van der Waals surface area contributed by atoms with Crippen LogP contribution in [-0.4, -0.2) is 24.9 Å². The van der Waals surface area contributed by atoms with Crippen molar-refractivity contribution >= 4 is 29.9 Å². The molecular formula is C13H20ClN3O2. The van der Waals surface area contributed by atoms with E-state index in [0.717, 1.165) is 5.56 Å². The van der Waals surface area contributed by atoms with E-state index in [0.29, 0.717) is 25.1 Å². The van der Waals surface area contributed by atoms with Crippen LogP contribution in [0, 0.1) is 0 Å². The lowest BCUT2D eigenvalue weighted by Crippen LogP contribution is -2.36. The molecular weight excluding hydrogens is 266 g/mol. The third-order valence-electron chi connectivity index (χ3n) is 2.50. The Kier molecular flexibility index (Phi) is 8.37. The molecule has 0 aliphatic rings. The minimum Gasteiger partial charge on any atom is -0.399 e. The van der Waals surface area contributed by atoms with E-state index in [-0.39, 0.29) is 30.8 Å². The van der Waals surface area contributed by atoms with Crippen molar-refractivity contribution in [1.82, 2.24) is 10.6 Å². The Hall–Kier alpha value is -1.75. The van der Waals surface area contributed by atoms with Gasteiger partial charge in [-0.05, 0) is 25.0 Å². The van der Waals surface area contributed by atoms with Crippen molar-refractivity contribution in [3.63, 3.8) is 0 Å². The number of benzene rings is 1. The number of nitrogens with two attached hydrogens (primary N) is 1. The monoisotopic (exact) mass is 285 g/mol. The normalized spacial score (nSPS) is 9.32. The number of carbonyl (C=O) groups excluding carboxylic acids is 2. The lowest BCUT2D eigenvalue weighted by Gasteiger charge is -2.06. The number of halogens is 1. The van der Waals surface area contributed by atoms with E-state index in [1.165, 1.54) is 0 Å². The van der Waals surface area contributed by atoms with Gasteiger partial charge in [-0.2, -0.15) is 0 Å². The van der Waals surface area contributed by atoms with Gasteiger partial charge in [-0.15, -0.1) is 12.4 Å².